The van der Waals surface area contributed by atoms with Gasteiger partial charge in [0.2, 0.25) is 10.0 Å². The first-order chi connectivity index (χ1) is 9.41. The summed E-state index contributed by atoms with van der Waals surface area (Å²) in [6.45, 7) is 0.265. The van der Waals surface area contributed by atoms with Crippen LogP contribution in [0, 0.1) is 0 Å². The first-order valence-electron chi connectivity index (χ1n) is 5.72. The number of pyridine rings is 1. The highest BCUT2D eigenvalue weighted by molar-refractivity contribution is 9.10. The molecule has 20 heavy (non-hydrogen) atoms. The molecule has 7 heteroatoms. The van der Waals surface area contributed by atoms with E-state index in [0.29, 0.717) is 0 Å². The minimum atomic E-state index is -3.65. The van der Waals surface area contributed by atoms with Crippen molar-refractivity contribution in [2.24, 2.45) is 0 Å². The van der Waals surface area contributed by atoms with Crippen LogP contribution in [-0.2, 0) is 16.6 Å². The van der Waals surface area contributed by atoms with Crippen LogP contribution >= 0.6 is 27.5 Å². The van der Waals surface area contributed by atoms with Gasteiger partial charge in [-0.25, -0.2) is 13.4 Å². The number of aromatic nitrogens is 1. The summed E-state index contributed by atoms with van der Waals surface area (Å²) in [4.78, 5) is 3.81. The first-order valence-corrected chi connectivity index (χ1v) is 8.33. The summed E-state index contributed by atoms with van der Waals surface area (Å²) in [5, 5.41) is -0.0184. The van der Waals surface area contributed by atoms with E-state index < -0.39 is 10.0 Å². The van der Waals surface area contributed by atoms with Gasteiger partial charge < -0.3 is 0 Å². The molecule has 2 rings (SSSR count). The molecule has 4 nitrogen and oxygen atoms in total. The zero-order valence-corrected chi connectivity index (χ0v) is 13.8. The second-order valence-electron chi connectivity index (χ2n) is 4.18. The normalized spacial score (nSPS) is 11.8. The average Bonchev–Trinajstić information content (AvgIpc) is 2.41. The molecular weight excluding hydrogens is 364 g/mol. The lowest BCUT2D eigenvalue weighted by Crippen LogP contribution is -2.26. The van der Waals surface area contributed by atoms with Gasteiger partial charge in [-0.15, -0.1) is 0 Å². The van der Waals surface area contributed by atoms with Gasteiger partial charge in [-0.3, -0.25) is 0 Å². The highest BCUT2D eigenvalue weighted by Gasteiger charge is 2.24. The molecule has 1 aromatic heterocycles. The molecule has 0 radical (unpaired) electrons. The molecule has 106 valence electrons. The summed E-state index contributed by atoms with van der Waals surface area (Å²) in [7, 11) is -2.14. The molecule has 0 N–H and O–H groups in total. The van der Waals surface area contributed by atoms with Crippen molar-refractivity contribution in [3.63, 3.8) is 0 Å². The van der Waals surface area contributed by atoms with Crippen LogP contribution in [0.5, 0.6) is 0 Å². The number of halogens is 2. The zero-order chi connectivity index (χ0) is 14.8. The van der Waals surface area contributed by atoms with Crippen LogP contribution in [0.1, 0.15) is 5.56 Å². The number of hydrogen-bond donors (Lipinski definition) is 0. The lowest BCUT2D eigenvalue weighted by Gasteiger charge is -2.17. The summed E-state index contributed by atoms with van der Waals surface area (Å²) in [5.41, 5.74) is 0.888. The zero-order valence-electron chi connectivity index (χ0n) is 10.6. The Morgan fingerprint density at radius 1 is 1.25 bits per heavy atom. The molecule has 0 atom stereocenters. The average molecular weight is 376 g/mol. The van der Waals surface area contributed by atoms with Crippen LogP contribution < -0.4 is 0 Å². The fourth-order valence-electron chi connectivity index (χ4n) is 1.66. The number of rotatable bonds is 4. The van der Waals surface area contributed by atoms with E-state index in [0.717, 1.165) is 10.0 Å². The van der Waals surface area contributed by atoms with Crippen LogP contribution in [-0.4, -0.2) is 24.8 Å². The topological polar surface area (TPSA) is 50.3 Å². The SMILES string of the molecule is CN(Cc1ccc(Br)cc1)S(=O)(=O)c1cccnc1Cl. The van der Waals surface area contributed by atoms with Crippen LogP contribution in [0.15, 0.2) is 52.0 Å². The van der Waals surface area contributed by atoms with Crippen LogP contribution in [0.25, 0.3) is 0 Å². The maximum absolute atomic E-state index is 12.4. The van der Waals surface area contributed by atoms with Crippen molar-refractivity contribution in [1.82, 2.24) is 9.29 Å². The van der Waals surface area contributed by atoms with E-state index >= 15 is 0 Å². The predicted molar refractivity (Wildman–Crippen MR) is 82.0 cm³/mol. The van der Waals surface area contributed by atoms with E-state index in [1.807, 2.05) is 24.3 Å². The smallest absolute Gasteiger partial charge is 0.243 e. The molecule has 1 heterocycles. The highest BCUT2D eigenvalue weighted by atomic mass is 79.9. The largest absolute Gasteiger partial charge is 0.246 e. The van der Waals surface area contributed by atoms with Gasteiger partial charge in [0.25, 0.3) is 0 Å². The molecule has 0 aliphatic heterocycles. The molecule has 0 saturated carbocycles. The molecule has 0 aliphatic carbocycles. The Kier molecular flexibility index (Phi) is 4.80. The highest BCUT2D eigenvalue weighted by Crippen LogP contribution is 2.22. The summed E-state index contributed by atoms with van der Waals surface area (Å²) in [6, 6.07) is 10.5. The van der Waals surface area contributed by atoms with Gasteiger partial charge in [0, 0.05) is 24.3 Å². The fraction of sp³-hybridized carbons (Fsp3) is 0.154. The van der Waals surface area contributed by atoms with E-state index in [2.05, 4.69) is 20.9 Å². The van der Waals surface area contributed by atoms with Crippen molar-refractivity contribution in [1.29, 1.82) is 0 Å². The van der Waals surface area contributed by atoms with Crippen LogP contribution in [0.2, 0.25) is 5.15 Å². The number of hydrogen-bond acceptors (Lipinski definition) is 3. The molecule has 0 amide bonds. The van der Waals surface area contributed by atoms with Gasteiger partial charge in [-0.1, -0.05) is 39.7 Å². The van der Waals surface area contributed by atoms with Crippen LogP contribution in [0.3, 0.4) is 0 Å². The molecule has 0 spiro atoms. The maximum Gasteiger partial charge on any atom is 0.246 e. The second kappa shape index (κ2) is 6.22. The summed E-state index contributed by atoms with van der Waals surface area (Å²) >= 11 is 9.19. The van der Waals surface area contributed by atoms with Gasteiger partial charge in [-0.05, 0) is 29.8 Å². The van der Waals surface area contributed by atoms with Gasteiger partial charge in [-0.2, -0.15) is 4.31 Å². The van der Waals surface area contributed by atoms with E-state index in [1.54, 1.807) is 6.07 Å². The Bertz CT molecular complexity index is 705. The maximum atomic E-state index is 12.4. The molecule has 2 aromatic rings. The minimum absolute atomic E-state index is 0.0151. The first kappa shape index (κ1) is 15.4. The molecule has 1 aromatic carbocycles. The molecule has 0 unspecified atom stereocenters. The number of sulfonamides is 1. The van der Waals surface area contributed by atoms with Crippen molar-refractivity contribution in [3.8, 4) is 0 Å². The Labute approximate surface area is 131 Å². The Balaban J connectivity index is 2.26. The number of nitrogens with zero attached hydrogens (tertiary/aromatic N) is 2. The molecule has 0 bridgehead atoms. The molecular formula is C13H12BrClN2O2S. The predicted octanol–water partition coefficient (Wildman–Crippen LogP) is 3.32. The van der Waals surface area contributed by atoms with E-state index in [4.69, 9.17) is 11.6 Å². The van der Waals surface area contributed by atoms with Crippen molar-refractivity contribution < 1.29 is 8.42 Å². The van der Waals surface area contributed by atoms with Gasteiger partial charge in [0.15, 0.2) is 0 Å². The second-order valence-corrected chi connectivity index (χ2v) is 7.47. The Hall–Kier alpha value is -0.950. The van der Waals surface area contributed by atoms with E-state index in [-0.39, 0.29) is 16.6 Å². The third-order valence-electron chi connectivity index (χ3n) is 2.73. The van der Waals surface area contributed by atoms with E-state index in [1.165, 1.54) is 23.6 Å². The molecule has 0 saturated heterocycles. The van der Waals surface area contributed by atoms with Crippen molar-refractivity contribution in [2.75, 3.05) is 7.05 Å². The van der Waals surface area contributed by atoms with E-state index in [9.17, 15) is 8.42 Å². The lowest BCUT2D eigenvalue weighted by molar-refractivity contribution is 0.466. The minimum Gasteiger partial charge on any atom is -0.243 e. The monoisotopic (exact) mass is 374 g/mol. The number of benzene rings is 1. The van der Waals surface area contributed by atoms with Crippen molar-refractivity contribution in [2.45, 2.75) is 11.4 Å². The van der Waals surface area contributed by atoms with Gasteiger partial charge >= 0.3 is 0 Å². The Morgan fingerprint density at radius 3 is 2.50 bits per heavy atom. The fourth-order valence-corrected chi connectivity index (χ4v) is 3.51. The van der Waals surface area contributed by atoms with Gasteiger partial charge in [0.1, 0.15) is 10.0 Å². The summed E-state index contributed by atoms with van der Waals surface area (Å²) in [6.07, 6.45) is 1.45. The van der Waals surface area contributed by atoms with Crippen molar-refractivity contribution in [3.05, 3.63) is 57.8 Å². The van der Waals surface area contributed by atoms with Gasteiger partial charge in [0.05, 0.1) is 0 Å². The van der Waals surface area contributed by atoms with Crippen molar-refractivity contribution >= 4 is 37.6 Å². The molecule has 0 fully saturated rings. The lowest BCUT2D eigenvalue weighted by atomic mass is 10.2. The standard InChI is InChI=1S/C13H12BrClN2O2S/c1-17(9-10-4-6-11(14)7-5-10)20(18,19)12-3-2-8-16-13(12)15/h2-8H,9H2,1H3. The third kappa shape index (κ3) is 3.38. The molecule has 0 aliphatic rings. The summed E-state index contributed by atoms with van der Waals surface area (Å²) < 4.78 is 27.0. The Morgan fingerprint density at radius 2 is 1.90 bits per heavy atom. The summed E-state index contributed by atoms with van der Waals surface area (Å²) in [5.74, 6) is 0. The quantitative estimate of drug-likeness (QED) is 0.770. The van der Waals surface area contributed by atoms with Crippen LogP contribution in [0.4, 0.5) is 0 Å². The third-order valence-corrected chi connectivity index (χ3v) is 5.51.